The predicted molar refractivity (Wildman–Crippen MR) is 115 cm³/mol. The van der Waals surface area contributed by atoms with E-state index in [9.17, 15) is 18.8 Å². The maximum absolute atomic E-state index is 13.4. The van der Waals surface area contributed by atoms with Crippen LogP contribution in [0.4, 0.5) is 10.1 Å². The van der Waals surface area contributed by atoms with Crippen molar-refractivity contribution < 1.29 is 23.3 Å². The van der Waals surface area contributed by atoms with Crippen LogP contribution < -0.4 is 10.6 Å². The highest BCUT2D eigenvalue weighted by molar-refractivity contribution is 6.48. The minimum Gasteiger partial charge on any atom is -0.340 e. The third-order valence-electron chi connectivity index (χ3n) is 5.29. The van der Waals surface area contributed by atoms with E-state index in [1.165, 1.54) is 19.2 Å². The molecule has 0 saturated heterocycles. The topological polar surface area (TPSA) is 132 Å². The zero-order valence-electron chi connectivity index (χ0n) is 18.0. The highest BCUT2D eigenvalue weighted by Gasteiger charge is 2.35. The van der Waals surface area contributed by atoms with Gasteiger partial charge in [0, 0.05) is 17.8 Å². The molecule has 0 fully saturated rings. The van der Waals surface area contributed by atoms with E-state index in [1.807, 2.05) is 0 Å². The van der Waals surface area contributed by atoms with E-state index < -0.39 is 29.6 Å². The number of fused-ring (bicyclic) bond motifs is 1. The Labute approximate surface area is 192 Å². The van der Waals surface area contributed by atoms with E-state index in [0.29, 0.717) is 30.9 Å². The monoisotopic (exact) mass is 474 g/mol. The van der Waals surface area contributed by atoms with Crippen LogP contribution in [0, 0.1) is 19.8 Å². The van der Waals surface area contributed by atoms with E-state index in [2.05, 4.69) is 25.8 Å². The van der Waals surface area contributed by atoms with Gasteiger partial charge >= 0.3 is 0 Å². The molecular formula is C21H20ClFN6O4. The minimum atomic E-state index is -0.919. The van der Waals surface area contributed by atoms with Crippen molar-refractivity contribution in [2.24, 2.45) is 0 Å². The Bertz CT molecular complexity index is 1280. The number of aryl methyl sites for hydroxylation is 2. The van der Waals surface area contributed by atoms with Crippen molar-refractivity contribution in [2.45, 2.75) is 46.2 Å². The first-order valence-electron chi connectivity index (χ1n) is 10.2. The Morgan fingerprint density at radius 3 is 2.73 bits per heavy atom. The van der Waals surface area contributed by atoms with E-state index in [4.69, 9.17) is 16.1 Å². The molecule has 0 unspecified atom stereocenters. The average molecular weight is 475 g/mol. The van der Waals surface area contributed by atoms with Crippen LogP contribution >= 0.6 is 11.6 Å². The summed E-state index contributed by atoms with van der Waals surface area (Å²) in [5, 5.41) is 8.69. The van der Waals surface area contributed by atoms with Gasteiger partial charge in [-0.05, 0) is 39.7 Å². The molecule has 12 heteroatoms. The Kier molecular flexibility index (Phi) is 5.98. The lowest BCUT2D eigenvalue weighted by Crippen LogP contribution is -2.34. The van der Waals surface area contributed by atoms with Gasteiger partial charge in [-0.2, -0.15) is 9.37 Å². The molecule has 3 aromatic rings. The molecule has 0 aliphatic carbocycles. The molecule has 0 bridgehead atoms. The van der Waals surface area contributed by atoms with Crippen LogP contribution in [0.3, 0.4) is 0 Å². The first-order chi connectivity index (χ1) is 15.7. The number of nitrogens with one attached hydrogen (secondary N) is 2. The van der Waals surface area contributed by atoms with Gasteiger partial charge in [-0.3, -0.25) is 14.4 Å². The number of amides is 2. The molecule has 0 spiro atoms. The van der Waals surface area contributed by atoms with Gasteiger partial charge in [-0.15, -0.1) is 0 Å². The minimum absolute atomic E-state index is 0.0610. The van der Waals surface area contributed by atoms with Gasteiger partial charge in [-0.1, -0.05) is 16.8 Å². The van der Waals surface area contributed by atoms with Crippen LogP contribution in [-0.4, -0.2) is 37.3 Å². The van der Waals surface area contributed by atoms with Crippen molar-refractivity contribution in [1.29, 1.82) is 0 Å². The summed E-state index contributed by atoms with van der Waals surface area (Å²) >= 11 is 6.46. The quantitative estimate of drug-likeness (QED) is 0.319. The second-order valence-electron chi connectivity index (χ2n) is 7.73. The first kappa shape index (κ1) is 22.6. The Balaban J connectivity index is 1.60. The van der Waals surface area contributed by atoms with Gasteiger partial charge < -0.3 is 19.7 Å². The van der Waals surface area contributed by atoms with Crippen molar-refractivity contribution >= 4 is 34.9 Å². The number of aromatic nitrogens is 4. The molecule has 4 heterocycles. The lowest BCUT2D eigenvalue weighted by Gasteiger charge is -2.10. The van der Waals surface area contributed by atoms with Gasteiger partial charge in [0.1, 0.15) is 11.7 Å². The average Bonchev–Trinajstić information content (AvgIpc) is 3.46. The van der Waals surface area contributed by atoms with Crippen LogP contribution in [-0.2, 0) is 17.8 Å². The summed E-state index contributed by atoms with van der Waals surface area (Å²) in [5.41, 5.74) is 1.14. The zero-order valence-corrected chi connectivity index (χ0v) is 18.8. The molecule has 172 valence electrons. The number of rotatable bonds is 6. The number of anilines is 1. The van der Waals surface area contributed by atoms with Crippen molar-refractivity contribution in [3.63, 3.8) is 0 Å². The van der Waals surface area contributed by atoms with E-state index >= 15 is 0 Å². The van der Waals surface area contributed by atoms with Crippen LogP contribution in [0.25, 0.3) is 0 Å². The van der Waals surface area contributed by atoms with Crippen molar-refractivity contribution in [3.8, 4) is 0 Å². The van der Waals surface area contributed by atoms with Crippen LogP contribution in [0.1, 0.15) is 63.2 Å². The van der Waals surface area contributed by atoms with Gasteiger partial charge in [0.2, 0.25) is 11.8 Å². The molecule has 0 saturated carbocycles. The molecule has 1 atom stereocenters. The van der Waals surface area contributed by atoms with E-state index in [1.54, 1.807) is 18.4 Å². The number of hydrogen-bond acceptors (Lipinski definition) is 7. The molecule has 0 aromatic carbocycles. The third kappa shape index (κ3) is 4.23. The van der Waals surface area contributed by atoms with Crippen LogP contribution in [0.5, 0.6) is 0 Å². The summed E-state index contributed by atoms with van der Waals surface area (Å²) in [6, 6.07) is 0.733. The molecule has 2 amide bonds. The normalized spacial score (nSPS) is 13.5. The number of Topliss-reactive ketones (excluding diaryl/α,β-unsaturated/α-hetero) is 1. The lowest BCUT2D eigenvalue weighted by molar-refractivity contribution is -0.117. The second-order valence-corrected chi connectivity index (χ2v) is 8.11. The van der Waals surface area contributed by atoms with Gasteiger partial charge in [0.15, 0.2) is 5.82 Å². The van der Waals surface area contributed by atoms with Gasteiger partial charge in [0.05, 0.1) is 22.5 Å². The molecule has 3 aromatic heterocycles. The van der Waals surface area contributed by atoms with Crippen molar-refractivity contribution in [2.75, 3.05) is 5.32 Å². The molecule has 10 nitrogen and oxygen atoms in total. The summed E-state index contributed by atoms with van der Waals surface area (Å²) in [7, 11) is 0. The lowest BCUT2D eigenvalue weighted by atomic mass is 10.1. The Hall–Kier alpha value is -3.60. The Morgan fingerprint density at radius 2 is 2.06 bits per heavy atom. The summed E-state index contributed by atoms with van der Waals surface area (Å²) < 4.78 is 20.0. The number of pyridine rings is 1. The zero-order chi connectivity index (χ0) is 23.9. The van der Waals surface area contributed by atoms with Crippen molar-refractivity contribution in [3.05, 3.63) is 57.5 Å². The molecule has 1 aliphatic rings. The third-order valence-corrected chi connectivity index (χ3v) is 5.66. The number of carbonyl (C=O) groups is 3. The standard InChI is InChI=1S/C21H20ClFN6O4/c1-9-7-12(8-24-18(9)23)27-19(31)14-13-5-4-6-29(13)16(15(14)22)17(30)20(32)25-10(2)21-26-11(3)28-33-21/h7-8,10H,4-6H2,1-3H3,(H,25,32)(H,27,31)/t10-/m0/s1. The summed E-state index contributed by atoms with van der Waals surface area (Å²) in [4.78, 5) is 46.3. The second kappa shape index (κ2) is 8.74. The molecule has 2 N–H and O–H groups in total. The smallest absolute Gasteiger partial charge is 0.294 e. The van der Waals surface area contributed by atoms with Crippen LogP contribution in [0.2, 0.25) is 5.02 Å². The van der Waals surface area contributed by atoms with Gasteiger partial charge in [-0.25, -0.2) is 4.98 Å². The van der Waals surface area contributed by atoms with Gasteiger partial charge in [0.25, 0.3) is 17.6 Å². The first-order valence-corrected chi connectivity index (χ1v) is 10.5. The van der Waals surface area contributed by atoms with E-state index in [0.717, 1.165) is 0 Å². The summed E-state index contributed by atoms with van der Waals surface area (Å²) in [6.45, 7) is 5.19. The maximum atomic E-state index is 13.4. The highest BCUT2D eigenvalue weighted by Crippen LogP contribution is 2.34. The molecular weight excluding hydrogens is 455 g/mol. The number of halogens is 2. The van der Waals surface area contributed by atoms with Crippen molar-refractivity contribution in [1.82, 2.24) is 25.0 Å². The SMILES string of the molecule is Cc1noc([C@H](C)NC(=O)C(=O)c2c(Cl)c(C(=O)Nc3cnc(F)c(C)c3)c3n2CCC3)n1. The fourth-order valence-electron chi connectivity index (χ4n) is 3.74. The number of ketones is 1. The fourth-order valence-corrected chi connectivity index (χ4v) is 4.12. The highest BCUT2D eigenvalue weighted by atomic mass is 35.5. The number of carbonyl (C=O) groups excluding carboxylic acids is 3. The molecule has 4 rings (SSSR count). The molecule has 33 heavy (non-hydrogen) atoms. The summed E-state index contributed by atoms with van der Waals surface area (Å²) in [6.07, 6.45) is 2.38. The maximum Gasteiger partial charge on any atom is 0.294 e. The van der Waals surface area contributed by atoms with Crippen LogP contribution in [0.15, 0.2) is 16.8 Å². The fraction of sp³-hybridized carbons (Fsp3) is 0.333. The Morgan fingerprint density at radius 1 is 1.30 bits per heavy atom. The largest absolute Gasteiger partial charge is 0.340 e. The number of nitrogens with zero attached hydrogens (tertiary/aromatic N) is 4. The van der Waals surface area contributed by atoms with E-state index in [-0.39, 0.29) is 33.4 Å². The summed E-state index contributed by atoms with van der Waals surface area (Å²) in [5.74, 6) is -2.47. The number of hydrogen-bond donors (Lipinski definition) is 2. The predicted octanol–water partition coefficient (Wildman–Crippen LogP) is 2.93. The molecule has 1 aliphatic heterocycles. The molecule has 0 radical (unpaired) electrons.